The Morgan fingerprint density at radius 3 is 2.52 bits per heavy atom. The predicted molar refractivity (Wildman–Crippen MR) is 126 cm³/mol. The van der Waals surface area contributed by atoms with Crippen LogP contribution < -0.4 is 10.6 Å². The van der Waals surface area contributed by atoms with Crippen molar-refractivity contribution in [3.8, 4) is 11.3 Å². The standard InChI is InChI=1S/C22H21ClFN3O2S2/c1-13-21(15-3-5-16(23)6-4-15)27-20(31-13)11-25-22(29)14(2)30-12-19(28)26-18-9-7-17(24)8-10-18/h3-10,14H,11-12H2,1-2H3,(H,25,29)(H,26,28). The van der Waals surface area contributed by atoms with Gasteiger partial charge in [0.05, 0.1) is 23.2 Å². The number of amides is 2. The molecule has 9 heteroatoms. The Labute approximate surface area is 193 Å². The topological polar surface area (TPSA) is 71.1 Å². The minimum Gasteiger partial charge on any atom is -0.349 e. The van der Waals surface area contributed by atoms with Crippen LogP contribution in [0.5, 0.6) is 0 Å². The lowest BCUT2D eigenvalue weighted by atomic mass is 10.1. The summed E-state index contributed by atoms with van der Waals surface area (Å²) in [7, 11) is 0. The number of anilines is 1. The van der Waals surface area contributed by atoms with Crippen LogP contribution in [0.15, 0.2) is 48.5 Å². The van der Waals surface area contributed by atoms with Gasteiger partial charge in [-0.3, -0.25) is 9.59 Å². The van der Waals surface area contributed by atoms with Gasteiger partial charge in [0.15, 0.2) is 0 Å². The molecule has 3 aromatic rings. The number of benzene rings is 2. The smallest absolute Gasteiger partial charge is 0.234 e. The van der Waals surface area contributed by atoms with Crippen LogP contribution in [0.2, 0.25) is 5.02 Å². The van der Waals surface area contributed by atoms with Crippen molar-refractivity contribution in [3.05, 3.63) is 69.3 Å². The van der Waals surface area contributed by atoms with Gasteiger partial charge in [0.2, 0.25) is 11.8 Å². The van der Waals surface area contributed by atoms with Gasteiger partial charge in [-0.25, -0.2) is 9.37 Å². The van der Waals surface area contributed by atoms with Crippen molar-refractivity contribution >= 4 is 52.2 Å². The number of thiazole rings is 1. The third kappa shape index (κ3) is 6.78. The zero-order valence-corrected chi connectivity index (χ0v) is 19.3. The van der Waals surface area contributed by atoms with Crippen molar-refractivity contribution in [2.75, 3.05) is 11.1 Å². The summed E-state index contributed by atoms with van der Waals surface area (Å²) < 4.78 is 12.9. The van der Waals surface area contributed by atoms with Crippen LogP contribution in [-0.4, -0.2) is 27.8 Å². The largest absolute Gasteiger partial charge is 0.349 e. The van der Waals surface area contributed by atoms with Gasteiger partial charge in [-0.05, 0) is 50.2 Å². The van der Waals surface area contributed by atoms with E-state index in [1.165, 1.54) is 47.4 Å². The normalized spacial score (nSPS) is 11.7. The highest BCUT2D eigenvalue weighted by molar-refractivity contribution is 8.01. The Bertz CT molecular complexity index is 1060. The minimum absolute atomic E-state index is 0.114. The molecular formula is C22H21ClFN3O2S2. The monoisotopic (exact) mass is 477 g/mol. The molecule has 31 heavy (non-hydrogen) atoms. The van der Waals surface area contributed by atoms with Crippen LogP contribution in [0.25, 0.3) is 11.3 Å². The highest BCUT2D eigenvalue weighted by atomic mass is 35.5. The molecular weight excluding hydrogens is 457 g/mol. The highest BCUT2D eigenvalue weighted by Crippen LogP contribution is 2.28. The number of carbonyl (C=O) groups excluding carboxylic acids is 2. The van der Waals surface area contributed by atoms with Crippen molar-refractivity contribution < 1.29 is 14.0 Å². The third-order valence-corrected chi connectivity index (χ3v) is 6.70. The molecule has 0 aliphatic rings. The summed E-state index contributed by atoms with van der Waals surface area (Å²) in [6.07, 6.45) is 0. The molecule has 2 N–H and O–H groups in total. The van der Waals surface area contributed by atoms with Crippen LogP contribution >= 0.6 is 34.7 Å². The molecule has 3 rings (SSSR count). The van der Waals surface area contributed by atoms with Gasteiger partial charge in [-0.15, -0.1) is 23.1 Å². The molecule has 0 radical (unpaired) electrons. The molecule has 1 unspecified atom stereocenters. The number of nitrogens with zero attached hydrogens (tertiary/aromatic N) is 1. The Morgan fingerprint density at radius 2 is 1.84 bits per heavy atom. The maximum Gasteiger partial charge on any atom is 0.234 e. The van der Waals surface area contributed by atoms with E-state index in [1.807, 2.05) is 31.2 Å². The van der Waals surface area contributed by atoms with Crippen molar-refractivity contribution in [2.24, 2.45) is 0 Å². The number of halogens is 2. The first-order valence-corrected chi connectivity index (χ1v) is 11.7. The molecule has 0 aliphatic carbocycles. The Morgan fingerprint density at radius 1 is 1.16 bits per heavy atom. The van der Waals surface area contributed by atoms with Crippen LogP contribution in [0.1, 0.15) is 16.8 Å². The van der Waals surface area contributed by atoms with Crippen LogP contribution in [0, 0.1) is 12.7 Å². The average molecular weight is 478 g/mol. The average Bonchev–Trinajstić information content (AvgIpc) is 3.13. The van der Waals surface area contributed by atoms with Gasteiger partial charge in [-0.2, -0.15) is 0 Å². The van der Waals surface area contributed by atoms with E-state index in [0.29, 0.717) is 17.3 Å². The van der Waals surface area contributed by atoms with Gasteiger partial charge in [0.1, 0.15) is 10.8 Å². The lowest BCUT2D eigenvalue weighted by Gasteiger charge is -2.11. The van der Waals surface area contributed by atoms with Crippen molar-refractivity contribution in [1.82, 2.24) is 10.3 Å². The molecule has 2 amide bonds. The van der Waals surface area contributed by atoms with Crippen LogP contribution in [0.3, 0.4) is 0 Å². The SMILES string of the molecule is Cc1sc(CNC(=O)C(C)SCC(=O)Nc2ccc(F)cc2)nc1-c1ccc(Cl)cc1. The van der Waals surface area contributed by atoms with Crippen LogP contribution in [-0.2, 0) is 16.1 Å². The van der Waals surface area contributed by atoms with Gasteiger partial charge in [0.25, 0.3) is 0 Å². The van der Waals surface area contributed by atoms with Crippen molar-refractivity contribution in [2.45, 2.75) is 25.6 Å². The fourth-order valence-corrected chi connectivity index (χ4v) is 4.44. The third-order valence-electron chi connectivity index (χ3n) is 4.33. The van der Waals surface area contributed by atoms with Crippen LogP contribution in [0.4, 0.5) is 10.1 Å². The Kier molecular flexibility index (Phi) is 8.06. The summed E-state index contributed by atoms with van der Waals surface area (Å²) in [5, 5.41) is 6.62. The first-order chi connectivity index (χ1) is 14.8. The van der Waals surface area contributed by atoms with E-state index in [4.69, 9.17) is 11.6 Å². The fraction of sp³-hybridized carbons (Fsp3) is 0.227. The first-order valence-electron chi connectivity index (χ1n) is 9.49. The van der Waals surface area contributed by atoms with Gasteiger partial charge >= 0.3 is 0 Å². The molecule has 0 bridgehead atoms. The minimum atomic E-state index is -0.407. The number of hydrogen-bond acceptors (Lipinski definition) is 5. The maximum atomic E-state index is 12.9. The quantitative estimate of drug-likeness (QED) is 0.462. The fourth-order valence-electron chi connectivity index (χ4n) is 2.72. The summed E-state index contributed by atoms with van der Waals surface area (Å²) in [6.45, 7) is 4.06. The van der Waals surface area contributed by atoms with Crippen molar-refractivity contribution in [1.29, 1.82) is 0 Å². The van der Waals surface area contributed by atoms with E-state index in [0.717, 1.165) is 21.1 Å². The summed E-state index contributed by atoms with van der Waals surface area (Å²) in [5.74, 6) is -0.670. The summed E-state index contributed by atoms with van der Waals surface area (Å²) in [6, 6.07) is 13.0. The number of nitrogens with one attached hydrogen (secondary N) is 2. The second-order valence-corrected chi connectivity index (χ2v) is 9.80. The second-order valence-electron chi connectivity index (χ2n) is 6.75. The predicted octanol–water partition coefficient (Wildman–Crippen LogP) is 5.29. The number of rotatable bonds is 8. The Hall–Kier alpha value is -2.42. The van der Waals surface area contributed by atoms with Gasteiger partial charge in [0, 0.05) is 21.2 Å². The molecule has 0 aliphatic heterocycles. The maximum absolute atomic E-state index is 12.9. The summed E-state index contributed by atoms with van der Waals surface area (Å²) in [5.41, 5.74) is 2.37. The number of thioether (sulfide) groups is 1. The number of carbonyl (C=O) groups is 2. The summed E-state index contributed by atoms with van der Waals surface area (Å²) in [4.78, 5) is 30.1. The zero-order chi connectivity index (χ0) is 22.4. The molecule has 0 saturated carbocycles. The lowest BCUT2D eigenvalue weighted by Crippen LogP contribution is -2.31. The first kappa shape index (κ1) is 23.2. The van der Waals surface area contributed by atoms with E-state index in [2.05, 4.69) is 15.6 Å². The highest BCUT2D eigenvalue weighted by Gasteiger charge is 2.17. The molecule has 5 nitrogen and oxygen atoms in total. The molecule has 1 atom stereocenters. The second kappa shape index (κ2) is 10.7. The van der Waals surface area contributed by atoms with Gasteiger partial charge < -0.3 is 10.6 Å². The van der Waals surface area contributed by atoms with Crippen molar-refractivity contribution in [3.63, 3.8) is 0 Å². The molecule has 162 valence electrons. The van der Waals surface area contributed by atoms with E-state index >= 15 is 0 Å². The molecule has 2 aromatic carbocycles. The van der Waals surface area contributed by atoms with E-state index in [-0.39, 0.29) is 23.4 Å². The lowest BCUT2D eigenvalue weighted by molar-refractivity contribution is -0.120. The van der Waals surface area contributed by atoms with E-state index < -0.39 is 5.25 Å². The number of hydrogen-bond donors (Lipinski definition) is 2. The number of aryl methyl sites for hydroxylation is 1. The molecule has 0 fully saturated rings. The van der Waals surface area contributed by atoms with E-state index in [1.54, 1.807) is 6.92 Å². The van der Waals surface area contributed by atoms with Gasteiger partial charge in [-0.1, -0.05) is 23.7 Å². The molecule has 1 aromatic heterocycles. The molecule has 0 spiro atoms. The summed E-state index contributed by atoms with van der Waals surface area (Å²) >= 11 is 8.70. The zero-order valence-electron chi connectivity index (χ0n) is 16.9. The van der Waals surface area contributed by atoms with E-state index in [9.17, 15) is 14.0 Å². The molecule has 0 saturated heterocycles. The number of aromatic nitrogens is 1. The molecule has 1 heterocycles. The Balaban J connectivity index is 1.46.